The molecule has 5 nitrogen and oxygen atoms in total. The number of hydrogen-bond acceptors (Lipinski definition) is 5. The van der Waals surface area contributed by atoms with Gasteiger partial charge in [0.05, 0.1) is 18.5 Å². The van der Waals surface area contributed by atoms with Crippen molar-refractivity contribution in [3.05, 3.63) is 11.5 Å². The Hall–Kier alpha value is -0.630. The van der Waals surface area contributed by atoms with Crippen LogP contribution in [0.25, 0.3) is 0 Å². The summed E-state index contributed by atoms with van der Waals surface area (Å²) in [5.41, 5.74) is 2.37. The molecule has 3 rings (SSSR count). The third-order valence-corrected chi connectivity index (χ3v) is 5.10. The van der Waals surface area contributed by atoms with E-state index < -0.39 is 0 Å². The summed E-state index contributed by atoms with van der Waals surface area (Å²) >= 11 is 2.36. The van der Waals surface area contributed by atoms with Crippen molar-refractivity contribution in [1.82, 2.24) is 10.2 Å². The second kappa shape index (κ2) is 6.01. The van der Waals surface area contributed by atoms with E-state index in [4.69, 9.17) is 4.74 Å². The SMILES string of the molecule is CCC1CCC(N2CNC3=C2N=CN=C(CI)C3C)O1. The number of rotatable bonds is 3. The zero-order chi connectivity index (χ0) is 14.1. The maximum atomic E-state index is 6.11. The van der Waals surface area contributed by atoms with Crippen LogP contribution in [0.3, 0.4) is 0 Å². The molecule has 0 bridgehead atoms. The van der Waals surface area contributed by atoms with E-state index in [1.165, 1.54) is 11.4 Å². The van der Waals surface area contributed by atoms with Gasteiger partial charge in [-0.3, -0.25) is 0 Å². The van der Waals surface area contributed by atoms with Crippen molar-refractivity contribution in [1.29, 1.82) is 0 Å². The highest BCUT2D eigenvalue weighted by atomic mass is 127. The number of allylic oxidation sites excluding steroid dienone is 1. The van der Waals surface area contributed by atoms with Crippen LogP contribution in [-0.2, 0) is 4.74 Å². The molecular formula is C14H21IN4O. The summed E-state index contributed by atoms with van der Waals surface area (Å²) in [4.78, 5) is 11.3. The van der Waals surface area contributed by atoms with Gasteiger partial charge in [0.25, 0.3) is 0 Å². The van der Waals surface area contributed by atoms with Crippen LogP contribution in [0.4, 0.5) is 0 Å². The molecule has 0 aliphatic carbocycles. The van der Waals surface area contributed by atoms with E-state index in [0.29, 0.717) is 12.0 Å². The highest BCUT2D eigenvalue weighted by molar-refractivity contribution is 14.1. The van der Waals surface area contributed by atoms with Crippen LogP contribution in [-0.4, -0.2) is 40.4 Å². The predicted octanol–water partition coefficient (Wildman–Crippen LogP) is 2.49. The van der Waals surface area contributed by atoms with Gasteiger partial charge >= 0.3 is 0 Å². The molecule has 1 fully saturated rings. The lowest BCUT2D eigenvalue weighted by Gasteiger charge is -2.25. The Bertz CT molecular complexity index is 474. The lowest BCUT2D eigenvalue weighted by Crippen LogP contribution is -2.34. The van der Waals surface area contributed by atoms with E-state index in [9.17, 15) is 0 Å². The van der Waals surface area contributed by atoms with Gasteiger partial charge in [-0.05, 0) is 19.3 Å². The van der Waals surface area contributed by atoms with Gasteiger partial charge in [-0.25, -0.2) is 9.98 Å². The average Bonchev–Trinajstić information content (AvgIpc) is 3.06. The van der Waals surface area contributed by atoms with Crippen LogP contribution in [0.5, 0.6) is 0 Å². The summed E-state index contributed by atoms with van der Waals surface area (Å²) in [6.07, 6.45) is 5.57. The van der Waals surface area contributed by atoms with Crippen LogP contribution in [0.1, 0.15) is 33.1 Å². The first-order chi connectivity index (χ1) is 9.74. The number of ether oxygens (including phenoxy) is 1. The van der Waals surface area contributed by atoms with Crippen LogP contribution >= 0.6 is 22.6 Å². The smallest absolute Gasteiger partial charge is 0.153 e. The Morgan fingerprint density at radius 2 is 2.35 bits per heavy atom. The maximum absolute atomic E-state index is 6.11. The Kier molecular flexibility index (Phi) is 4.30. The van der Waals surface area contributed by atoms with Gasteiger partial charge < -0.3 is 15.0 Å². The fourth-order valence-corrected chi connectivity index (χ4v) is 3.87. The van der Waals surface area contributed by atoms with E-state index in [2.05, 4.69) is 56.6 Å². The Morgan fingerprint density at radius 3 is 3.05 bits per heavy atom. The van der Waals surface area contributed by atoms with E-state index in [0.717, 1.165) is 36.2 Å². The zero-order valence-corrected chi connectivity index (χ0v) is 14.1. The lowest BCUT2D eigenvalue weighted by molar-refractivity contribution is -0.0371. The van der Waals surface area contributed by atoms with Crippen molar-refractivity contribution in [3.63, 3.8) is 0 Å². The van der Waals surface area contributed by atoms with E-state index in [1.807, 2.05) is 0 Å². The standard InChI is InChI=1S/C14H21IN4O/c1-3-10-4-5-12(20-10)19-8-18-13-9(2)11(6-15)16-7-17-14(13)19/h7,9-10,12,18H,3-6,8H2,1-2H3. The molecule has 0 amide bonds. The molecule has 0 aromatic rings. The van der Waals surface area contributed by atoms with Crippen LogP contribution < -0.4 is 5.32 Å². The molecule has 6 heteroatoms. The minimum Gasteiger partial charge on any atom is -0.367 e. The molecule has 1 N–H and O–H groups in total. The van der Waals surface area contributed by atoms with Gasteiger partial charge in [-0.15, -0.1) is 0 Å². The molecule has 0 radical (unpaired) electrons. The quantitative estimate of drug-likeness (QED) is 0.597. The average molecular weight is 388 g/mol. The number of nitrogens with zero attached hydrogens (tertiary/aromatic N) is 3. The first-order valence-electron chi connectivity index (χ1n) is 7.29. The van der Waals surface area contributed by atoms with E-state index >= 15 is 0 Å². The Morgan fingerprint density at radius 1 is 1.50 bits per heavy atom. The Balaban J connectivity index is 1.81. The summed E-state index contributed by atoms with van der Waals surface area (Å²) in [5.74, 6) is 1.32. The molecule has 3 atom stereocenters. The topological polar surface area (TPSA) is 49.2 Å². The summed E-state index contributed by atoms with van der Waals surface area (Å²) < 4.78 is 7.04. The molecule has 110 valence electrons. The van der Waals surface area contributed by atoms with Crippen molar-refractivity contribution < 1.29 is 4.74 Å². The highest BCUT2D eigenvalue weighted by Crippen LogP contribution is 2.32. The van der Waals surface area contributed by atoms with E-state index in [1.54, 1.807) is 6.34 Å². The molecule has 0 saturated carbocycles. The number of halogens is 1. The summed E-state index contributed by atoms with van der Waals surface area (Å²) in [6.45, 7) is 5.18. The van der Waals surface area contributed by atoms with Crippen LogP contribution in [0.2, 0.25) is 0 Å². The lowest BCUT2D eigenvalue weighted by atomic mass is 10.0. The van der Waals surface area contributed by atoms with Gasteiger partial charge in [-0.2, -0.15) is 0 Å². The van der Waals surface area contributed by atoms with Crippen molar-refractivity contribution in [2.75, 3.05) is 11.1 Å². The van der Waals surface area contributed by atoms with E-state index in [-0.39, 0.29) is 6.23 Å². The van der Waals surface area contributed by atoms with Crippen molar-refractivity contribution in [3.8, 4) is 0 Å². The predicted molar refractivity (Wildman–Crippen MR) is 89.0 cm³/mol. The second-order valence-electron chi connectivity index (χ2n) is 5.46. The van der Waals surface area contributed by atoms with Crippen molar-refractivity contribution >= 4 is 34.6 Å². The normalized spacial score (nSPS) is 33.0. The van der Waals surface area contributed by atoms with Gasteiger partial charge in [0.1, 0.15) is 12.6 Å². The minimum atomic E-state index is 0.158. The van der Waals surface area contributed by atoms with Gasteiger partial charge in [0.2, 0.25) is 0 Å². The summed E-state index contributed by atoms with van der Waals surface area (Å²) in [5, 5.41) is 3.50. The molecule has 3 unspecified atom stereocenters. The first-order valence-corrected chi connectivity index (χ1v) is 8.82. The number of alkyl halides is 1. The molecule has 0 aromatic heterocycles. The number of aliphatic imine (C=N–C) groups is 2. The Labute approximate surface area is 133 Å². The van der Waals surface area contributed by atoms with Gasteiger partial charge in [-0.1, -0.05) is 36.4 Å². The molecule has 0 spiro atoms. The fraction of sp³-hybridized carbons (Fsp3) is 0.714. The third-order valence-electron chi connectivity index (χ3n) is 4.31. The summed E-state index contributed by atoms with van der Waals surface area (Å²) in [6, 6.07) is 0. The molecule has 3 aliphatic rings. The third kappa shape index (κ3) is 2.47. The number of nitrogens with one attached hydrogen (secondary N) is 1. The van der Waals surface area contributed by atoms with Crippen molar-refractivity contribution in [2.24, 2.45) is 15.9 Å². The van der Waals surface area contributed by atoms with Crippen LogP contribution in [0.15, 0.2) is 21.5 Å². The fourth-order valence-electron chi connectivity index (χ4n) is 3.01. The maximum Gasteiger partial charge on any atom is 0.153 e. The first kappa shape index (κ1) is 14.3. The molecule has 3 aliphatic heterocycles. The summed E-state index contributed by atoms with van der Waals surface area (Å²) in [7, 11) is 0. The van der Waals surface area contributed by atoms with Crippen molar-refractivity contribution in [2.45, 2.75) is 45.4 Å². The largest absolute Gasteiger partial charge is 0.367 e. The van der Waals surface area contributed by atoms with Crippen LogP contribution in [0, 0.1) is 5.92 Å². The molecule has 0 aromatic carbocycles. The van der Waals surface area contributed by atoms with Gasteiger partial charge in [0, 0.05) is 16.1 Å². The van der Waals surface area contributed by atoms with Gasteiger partial charge in [0.15, 0.2) is 5.82 Å². The number of hydrogen-bond donors (Lipinski definition) is 1. The zero-order valence-electron chi connectivity index (χ0n) is 12.0. The monoisotopic (exact) mass is 388 g/mol. The molecule has 20 heavy (non-hydrogen) atoms. The highest BCUT2D eigenvalue weighted by Gasteiger charge is 2.36. The molecule has 1 saturated heterocycles. The molecule has 3 heterocycles. The molecular weight excluding hydrogens is 367 g/mol. The minimum absolute atomic E-state index is 0.158. The second-order valence-corrected chi connectivity index (χ2v) is 6.22.